The molecule has 0 radical (unpaired) electrons. The highest BCUT2D eigenvalue weighted by Crippen LogP contribution is 2.28. The molecule has 0 amide bonds. The zero-order valence-electron chi connectivity index (χ0n) is 20.2. The van der Waals surface area contributed by atoms with Crippen molar-refractivity contribution in [2.75, 3.05) is 39.8 Å². The van der Waals surface area contributed by atoms with Crippen molar-refractivity contribution < 1.29 is 22.7 Å². The molecule has 7 nitrogen and oxygen atoms in total. The number of carbonyl (C=O) groups is 1. The fourth-order valence-electron chi connectivity index (χ4n) is 4.20. The monoisotopic (exact) mass is 548 g/mol. The average Bonchev–Trinajstić information content (AvgIpc) is 3.38. The Morgan fingerprint density at radius 1 is 1.08 bits per heavy atom. The Morgan fingerprint density at radius 3 is 2.47 bits per heavy atom. The summed E-state index contributed by atoms with van der Waals surface area (Å²) >= 11 is 7.17. The second-order valence-corrected chi connectivity index (χ2v) is 11.9. The highest BCUT2D eigenvalue weighted by molar-refractivity contribution is 7.89. The third-order valence-corrected chi connectivity index (χ3v) is 9.37. The van der Waals surface area contributed by atoms with Crippen LogP contribution in [0.4, 0.5) is 0 Å². The number of carbonyl (C=O) groups excluding carboxylic acids is 1. The summed E-state index contributed by atoms with van der Waals surface area (Å²) in [5.41, 5.74) is 3.29. The van der Waals surface area contributed by atoms with Gasteiger partial charge in [-0.05, 0) is 41.6 Å². The maximum absolute atomic E-state index is 13.2. The molecular weight excluding hydrogens is 520 g/mol. The van der Waals surface area contributed by atoms with E-state index in [1.807, 2.05) is 36.4 Å². The van der Waals surface area contributed by atoms with Crippen LogP contribution in [0.25, 0.3) is 0 Å². The van der Waals surface area contributed by atoms with Crippen LogP contribution in [0.5, 0.6) is 0 Å². The lowest BCUT2D eigenvalue weighted by molar-refractivity contribution is 0.00770. The Balaban J connectivity index is 1.43. The molecule has 1 aliphatic heterocycles. The number of thiophene rings is 1. The molecule has 2 heterocycles. The van der Waals surface area contributed by atoms with Gasteiger partial charge in [-0.15, -0.1) is 11.3 Å². The van der Waals surface area contributed by atoms with Gasteiger partial charge in [-0.3, -0.25) is 4.90 Å². The number of halogens is 1. The van der Waals surface area contributed by atoms with Gasteiger partial charge in [-0.1, -0.05) is 53.6 Å². The molecule has 0 bridgehead atoms. The largest absolute Gasteiger partial charge is 0.465 e. The lowest BCUT2D eigenvalue weighted by atomic mass is 10.1. The Labute approximate surface area is 221 Å². The fourth-order valence-corrected chi connectivity index (χ4v) is 7.05. The zero-order chi connectivity index (χ0) is 25.7. The van der Waals surface area contributed by atoms with Crippen LogP contribution in [-0.2, 0) is 26.1 Å². The standard InChI is InChI=1S/C26H29ClN2O5S2/c1-19-4-3-5-20(16-19)18-34-23(21-6-8-22(27)9-7-21)17-28-11-13-29(14-12-28)36(31,32)24-10-15-35-25(24)26(30)33-2/h3-10,15-16,23H,11-14,17-18H2,1-2H3/t23-/m0/s1. The number of sulfonamides is 1. The molecule has 0 N–H and O–H groups in total. The molecule has 1 saturated heterocycles. The number of piperazine rings is 1. The van der Waals surface area contributed by atoms with Crippen molar-refractivity contribution in [1.82, 2.24) is 9.21 Å². The van der Waals surface area contributed by atoms with Gasteiger partial charge in [-0.2, -0.15) is 4.31 Å². The van der Waals surface area contributed by atoms with E-state index in [-0.39, 0.29) is 15.9 Å². The first-order valence-corrected chi connectivity index (χ1v) is 14.3. The summed E-state index contributed by atoms with van der Waals surface area (Å²) < 4.78 is 39.0. The van der Waals surface area contributed by atoms with Gasteiger partial charge >= 0.3 is 5.97 Å². The maximum atomic E-state index is 13.2. The highest BCUT2D eigenvalue weighted by atomic mass is 35.5. The molecule has 4 rings (SSSR count). The second kappa shape index (κ2) is 11.9. The van der Waals surface area contributed by atoms with Gasteiger partial charge in [0, 0.05) is 37.7 Å². The van der Waals surface area contributed by atoms with Crippen LogP contribution < -0.4 is 0 Å². The average molecular weight is 549 g/mol. The SMILES string of the molecule is COC(=O)c1sccc1S(=O)(=O)N1CCN(C[C@H](OCc2cccc(C)c2)c2ccc(Cl)cc2)CC1. The molecule has 1 fully saturated rings. The summed E-state index contributed by atoms with van der Waals surface area (Å²) in [6, 6.07) is 17.3. The molecule has 192 valence electrons. The van der Waals surface area contributed by atoms with E-state index in [0.717, 1.165) is 22.5 Å². The lowest BCUT2D eigenvalue weighted by Crippen LogP contribution is -2.49. The van der Waals surface area contributed by atoms with Gasteiger partial charge in [0.1, 0.15) is 9.77 Å². The van der Waals surface area contributed by atoms with Crippen molar-refractivity contribution in [3.63, 3.8) is 0 Å². The molecule has 1 aromatic heterocycles. The number of ether oxygens (including phenoxy) is 2. The van der Waals surface area contributed by atoms with Gasteiger partial charge in [0.25, 0.3) is 0 Å². The third kappa shape index (κ3) is 6.34. The molecule has 1 atom stereocenters. The zero-order valence-corrected chi connectivity index (χ0v) is 22.6. The van der Waals surface area contributed by atoms with Crippen LogP contribution in [0.15, 0.2) is 64.9 Å². The second-order valence-electron chi connectivity index (χ2n) is 8.65. The van der Waals surface area contributed by atoms with Crippen molar-refractivity contribution in [2.24, 2.45) is 0 Å². The van der Waals surface area contributed by atoms with E-state index in [2.05, 4.69) is 24.0 Å². The minimum Gasteiger partial charge on any atom is -0.465 e. The molecule has 0 spiro atoms. The van der Waals surface area contributed by atoms with Crippen molar-refractivity contribution in [1.29, 1.82) is 0 Å². The molecular formula is C26H29ClN2O5S2. The van der Waals surface area contributed by atoms with Gasteiger partial charge in [0.05, 0.1) is 19.8 Å². The van der Waals surface area contributed by atoms with Crippen molar-refractivity contribution >= 4 is 38.9 Å². The molecule has 0 aliphatic carbocycles. The van der Waals surface area contributed by atoms with Gasteiger partial charge in [0.2, 0.25) is 10.0 Å². The fraction of sp³-hybridized carbons (Fsp3) is 0.346. The van der Waals surface area contributed by atoms with Gasteiger partial charge < -0.3 is 9.47 Å². The van der Waals surface area contributed by atoms with Crippen LogP contribution in [0.3, 0.4) is 0 Å². The number of hydrogen-bond acceptors (Lipinski definition) is 7. The summed E-state index contributed by atoms with van der Waals surface area (Å²) in [6.07, 6.45) is -0.200. The Kier molecular flexibility index (Phi) is 8.82. The lowest BCUT2D eigenvalue weighted by Gasteiger charge is -2.35. The summed E-state index contributed by atoms with van der Waals surface area (Å²) in [5.74, 6) is -0.640. The summed E-state index contributed by atoms with van der Waals surface area (Å²) in [7, 11) is -2.55. The van der Waals surface area contributed by atoms with Crippen LogP contribution in [-0.4, -0.2) is 63.4 Å². The number of hydrogen-bond donors (Lipinski definition) is 0. The van der Waals surface area contributed by atoms with Crippen molar-refractivity contribution in [2.45, 2.75) is 24.5 Å². The molecule has 10 heteroatoms. The van der Waals surface area contributed by atoms with Crippen LogP contribution >= 0.6 is 22.9 Å². The Hall–Kier alpha value is -2.27. The molecule has 0 unspecified atom stereocenters. The summed E-state index contributed by atoms with van der Waals surface area (Å²) in [6.45, 7) is 4.89. The van der Waals surface area contributed by atoms with Crippen LogP contribution in [0.2, 0.25) is 5.02 Å². The van der Waals surface area contributed by atoms with E-state index in [1.54, 1.807) is 5.38 Å². The first-order chi connectivity index (χ1) is 17.3. The number of aryl methyl sites for hydroxylation is 1. The van der Waals surface area contributed by atoms with Gasteiger partial charge in [0.15, 0.2) is 0 Å². The van der Waals surface area contributed by atoms with Crippen molar-refractivity contribution in [3.8, 4) is 0 Å². The topological polar surface area (TPSA) is 76.2 Å². The first-order valence-electron chi connectivity index (χ1n) is 11.6. The van der Waals surface area contributed by atoms with E-state index in [9.17, 15) is 13.2 Å². The van der Waals surface area contributed by atoms with E-state index >= 15 is 0 Å². The maximum Gasteiger partial charge on any atom is 0.349 e. The van der Waals surface area contributed by atoms with E-state index in [0.29, 0.717) is 44.4 Å². The number of esters is 1. The predicted molar refractivity (Wildman–Crippen MR) is 141 cm³/mol. The van der Waals surface area contributed by atoms with E-state index in [4.69, 9.17) is 21.1 Å². The van der Waals surface area contributed by atoms with Crippen molar-refractivity contribution in [3.05, 3.63) is 86.6 Å². The first kappa shape index (κ1) is 26.8. The summed E-state index contributed by atoms with van der Waals surface area (Å²) in [5, 5.41) is 2.26. The van der Waals surface area contributed by atoms with E-state index in [1.165, 1.54) is 23.0 Å². The van der Waals surface area contributed by atoms with Crippen LogP contribution in [0.1, 0.15) is 32.5 Å². The highest BCUT2D eigenvalue weighted by Gasteiger charge is 2.33. The molecule has 0 saturated carbocycles. The predicted octanol–water partition coefficient (Wildman–Crippen LogP) is 4.76. The smallest absolute Gasteiger partial charge is 0.349 e. The Morgan fingerprint density at radius 2 is 1.81 bits per heavy atom. The quantitative estimate of drug-likeness (QED) is 0.359. The number of methoxy groups -OCH3 is 1. The summed E-state index contributed by atoms with van der Waals surface area (Å²) in [4.78, 5) is 14.3. The minimum atomic E-state index is -3.79. The normalized spacial score (nSPS) is 16.1. The molecule has 3 aromatic rings. The Bertz CT molecular complexity index is 1290. The van der Waals surface area contributed by atoms with Crippen LogP contribution in [0, 0.1) is 6.92 Å². The number of nitrogens with zero attached hydrogens (tertiary/aromatic N) is 2. The third-order valence-electron chi connectivity index (χ3n) is 6.15. The minimum absolute atomic E-state index is 0.00771. The number of rotatable bonds is 9. The van der Waals surface area contributed by atoms with Gasteiger partial charge in [-0.25, -0.2) is 13.2 Å². The number of benzene rings is 2. The molecule has 1 aliphatic rings. The molecule has 36 heavy (non-hydrogen) atoms. The van der Waals surface area contributed by atoms with E-state index < -0.39 is 16.0 Å². The molecule has 2 aromatic carbocycles.